The van der Waals surface area contributed by atoms with Crippen molar-refractivity contribution in [3.05, 3.63) is 61.2 Å². The van der Waals surface area contributed by atoms with E-state index in [0.717, 1.165) is 20.4 Å². The van der Waals surface area contributed by atoms with Gasteiger partial charge in [-0.3, -0.25) is 4.79 Å². The first-order chi connectivity index (χ1) is 9.43. The summed E-state index contributed by atoms with van der Waals surface area (Å²) in [6.45, 7) is 3.87. The molecular weight excluding hydrogens is 387 g/mol. The molecule has 0 aliphatic carbocycles. The molecule has 0 saturated carbocycles. The van der Waals surface area contributed by atoms with Crippen molar-refractivity contribution < 1.29 is 9.53 Å². The van der Waals surface area contributed by atoms with Crippen molar-refractivity contribution in [2.45, 2.75) is 13.8 Å². The van der Waals surface area contributed by atoms with Crippen LogP contribution in [0.15, 0.2) is 30.3 Å². The van der Waals surface area contributed by atoms with Crippen LogP contribution >= 0.6 is 34.2 Å². The van der Waals surface area contributed by atoms with Crippen LogP contribution in [0.3, 0.4) is 0 Å². The highest BCUT2D eigenvalue weighted by molar-refractivity contribution is 14.1. The molecule has 2 nitrogen and oxygen atoms in total. The first-order valence-electron chi connectivity index (χ1n) is 6.09. The highest BCUT2D eigenvalue weighted by atomic mass is 127. The molecule has 0 saturated heterocycles. The molecule has 2 aromatic rings. The number of hydrogen-bond acceptors (Lipinski definition) is 2. The van der Waals surface area contributed by atoms with Crippen LogP contribution in [-0.4, -0.2) is 12.9 Å². The fourth-order valence-electron chi connectivity index (χ4n) is 2.23. The fourth-order valence-corrected chi connectivity index (χ4v) is 2.98. The summed E-state index contributed by atoms with van der Waals surface area (Å²) < 4.78 is 6.22. The number of benzene rings is 2. The molecular formula is C16H14ClIO2. The van der Waals surface area contributed by atoms with E-state index in [1.807, 2.05) is 32.0 Å². The van der Waals surface area contributed by atoms with E-state index in [9.17, 15) is 4.79 Å². The Morgan fingerprint density at radius 3 is 2.30 bits per heavy atom. The lowest BCUT2D eigenvalue weighted by Gasteiger charge is -2.11. The standard InChI is InChI=1S/C16H14ClIO2/c1-9-6-11(7-10(2)16(9)20-3)15(19)13-8-12(17)4-5-14(13)18/h4-8H,1-3H3. The van der Waals surface area contributed by atoms with E-state index >= 15 is 0 Å². The Kier molecular flexibility index (Phi) is 4.70. The molecule has 0 aromatic heterocycles. The Bertz CT molecular complexity index is 657. The molecule has 0 aliphatic rings. The van der Waals surface area contributed by atoms with Gasteiger partial charge in [-0.15, -0.1) is 0 Å². The number of carbonyl (C=O) groups is 1. The van der Waals surface area contributed by atoms with Crippen LogP contribution in [0.2, 0.25) is 5.02 Å². The molecule has 0 aliphatic heterocycles. The van der Waals surface area contributed by atoms with Gasteiger partial charge in [0.1, 0.15) is 5.75 Å². The first-order valence-corrected chi connectivity index (χ1v) is 7.54. The number of carbonyl (C=O) groups excluding carboxylic acids is 1. The summed E-state index contributed by atoms with van der Waals surface area (Å²) in [4.78, 5) is 12.6. The molecule has 20 heavy (non-hydrogen) atoms. The number of rotatable bonds is 3. The lowest BCUT2D eigenvalue weighted by Crippen LogP contribution is -2.05. The summed E-state index contributed by atoms with van der Waals surface area (Å²) in [5, 5.41) is 0.565. The molecule has 0 atom stereocenters. The second-order valence-corrected chi connectivity index (χ2v) is 6.20. The van der Waals surface area contributed by atoms with Crippen molar-refractivity contribution in [3.8, 4) is 5.75 Å². The minimum atomic E-state index is -0.0225. The van der Waals surface area contributed by atoms with Crippen LogP contribution < -0.4 is 4.74 Å². The maximum atomic E-state index is 12.6. The van der Waals surface area contributed by atoms with Crippen LogP contribution in [0.4, 0.5) is 0 Å². The van der Waals surface area contributed by atoms with E-state index in [0.29, 0.717) is 16.1 Å². The second kappa shape index (κ2) is 6.14. The van der Waals surface area contributed by atoms with Crippen LogP contribution in [0.25, 0.3) is 0 Å². The largest absolute Gasteiger partial charge is 0.496 e. The molecule has 104 valence electrons. The Labute approximate surface area is 137 Å². The van der Waals surface area contributed by atoms with Gasteiger partial charge in [0, 0.05) is 19.7 Å². The summed E-state index contributed by atoms with van der Waals surface area (Å²) in [5.41, 5.74) is 3.18. The second-order valence-electron chi connectivity index (χ2n) is 4.60. The minimum Gasteiger partial charge on any atom is -0.496 e. The highest BCUT2D eigenvalue weighted by Gasteiger charge is 2.16. The van der Waals surface area contributed by atoms with E-state index < -0.39 is 0 Å². The maximum absolute atomic E-state index is 12.6. The van der Waals surface area contributed by atoms with E-state index in [1.54, 1.807) is 19.2 Å². The van der Waals surface area contributed by atoms with E-state index in [-0.39, 0.29) is 5.78 Å². The number of halogens is 2. The topological polar surface area (TPSA) is 26.3 Å². The number of ketones is 1. The molecule has 4 heteroatoms. The molecule has 0 spiro atoms. The monoisotopic (exact) mass is 400 g/mol. The molecule has 0 unspecified atom stereocenters. The summed E-state index contributed by atoms with van der Waals surface area (Å²) in [6, 6.07) is 9.04. The molecule has 0 fully saturated rings. The normalized spacial score (nSPS) is 10.4. The first kappa shape index (κ1) is 15.3. The molecule has 0 amide bonds. The van der Waals surface area contributed by atoms with Gasteiger partial charge in [-0.2, -0.15) is 0 Å². The zero-order valence-corrected chi connectivity index (χ0v) is 14.4. The third kappa shape index (κ3) is 2.99. The minimum absolute atomic E-state index is 0.0225. The molecule has 0 heterocycles. The fraction of sp³-hybridized carbons (Fsp3) is 0.188. The van der Waals surface area contributed by atoms with Crippen LogP contribution in [0.1, 0.15) is 27.0 Å². The van der Waals surface area contributed by atoms with Crippen molar-refractivity contribution in [3.63, 3.8) is 0 Å². The van der Waals surface area contributed by atoms with E-state index in [2.05, 4.69) is 22.6 Å². The average molecular weight is 401 g/mol. The van der Waals surface area contributed by atoms with E-state index in [1.165, 1.54) is 0 Å². The highest BCUT2D eigenvalue weighted by Crippen LogP contribution is 2.27. The van der Waals surface area contributed by atoms with Gasteiger partial charge in [-0.05, 0) is 77.9 Å². The lowest BCUT2D eigenvalue weighted by molar-refractivity contribution is 0.103. The Hall–Kier alpha value is -1.07. The summed E-state index contributed by atoms with van der Waals surface area (Å²) in [6.07, 6.45) is 0. The van der Waals surface area contributed by atoms with Gasteiger partial charge < -0.3 is 4.74 Å². The smallest absolute Gasteiger partial charge is 0.194 e. The Balaban J connectivity index is 2.51. The number of methoxy groups -OCH3 is 1. The number of hydrogen-bond donors (Lipinski definition) is 0. The number of ether oxygens (including phenoxy) is 1. The van der Waals surface area contributed by atoms with Crippen LogP contribution in [-0.2, 0) is 0 Å². The Morgan fingerprint density at radius 2 is 1.75 bits per heavy atom. The lowest BCUT2D eigenvalue weighted by atomic mass is 9.98. The molecule has 0 N–H and O–H groups in total. The number of aryl methyl sites for hydroxylation is 2. The SMILES string of the molecule is COc1c(C)cc(C(=O)c2cc(Cl)ccc2I)cc1C. The van der Waals surface area contributed by atoms with Gasteiger partial charge >= 0.3 is 0 Å². The average Bonchev–Trinajstić information content (AvgIpc) is 2.40. The van der Waals surface area contributed by atoms with Crippen molar-refractivity contribution in [2.24, 2.45) is 0 Å². The summed E-state index contributed by atoms with van der Waals surface area (Å²) in [7, 11) is 1.64. The quantitative estimate of drug-likeness (QED) is 0.546. The van der Waals surface area contributed by atoms with Gasteiger partial charge in [-0.1, -0.05) is 11.6 Å². The maximum Gasteiger partial charge on any atom is 0.194 e. The van der Waals surface area contributed by atoms with Crippen molar-refractivity contribution in [2.75, 3.05) is 7.11 Å². The van der Waals surface area contributed by atoms with Crippen molar-refractivity contribution in [1.29, 1.82) is 0 Å². The van der Waals surface area contributed by atoms with Gasteiger partial charge in [0.15, 0.2) is 5.78 Å². The predicted octanol–water partition coefficient (Wildman–Crippen LogP) is 4.80. The summed E-state index contributed by atoms with van der Waals surface area (Å²) >= 11 is 8.13. The zero-order chi connectivity index (χ0) is 14.9. The van der Waals surface area contributed by atoms with Crippen LogP contribution in [0, 0.1) is 17.4 Å². The van der Waals surface area contributed by atoms with Crippen LogP contribution in [0.5, 0.6) is 5.75 Å². The molecule has 0 bridgehead atoms. The van der Waals surface area contributed by atoms with Crippen molar-refractivity contribution >= 4 is 40.0 Å². The summed E-state index contributed by atoms with van der Waals surface area (Å²) in [5.74, 6) is 0.799. The van der Waals surface area contributed by atoms with Gasteiger partial charge in [0.25, 0.3) is 0 Å². The molecule has 2 aromatic carbocycles. The van der Waals surface area contributed by atoms with E-state index in [4.69, 9.17) is 16.3 Å². The van der Waals surface area contributed by atoms with Gasteiger partial charge in [0.2, 0.25) is 0 Å². The van der Waals surface area contributed by atoms with Gasteiger partial charge in [-0.25, -0.2) is 0 Å². The molecule has 2 rings (SSSR count). The Morgan fingerprint density at radius 1 is 1.15 bits per heavy atom. The van der Waals surface area contributed by atoms with Gasteiger partial charge in [0.05, 0.1) is 7.11 Å². The molecule has 0 radical (unpaired) electrons. The third-order valence-electron chi connectivity index (χ3n) is 3.10. The zero-order valence-electron chi connectivity index (χ0n) is 11.5. The van der Waals surface area contributed by atoms with Crippen molar-refractivity contribution in [1.82, 2.24) is 0 Å². The predicted molar refractivity (Wildman–Crippen MR) is 90.1 cm³/mol. The third-order valence-corrected chi connectivity index (χ3v) is 4.28.